The van der Waals surface area contributed by atoms with E-state index >= 15 is 0 Å². The lowest BCUT2D eigenvalue weighted by Crippen LogP contribution is -2.37. The van der Waals surface area contributed by atoms with Crippen molar-refractivity contribution in [3.63, 3.8) is 0 Å². The second-order valence-electron chi connectivity index (χ2n) is 7.89. The predicted octanol–water partition coefficient (Wildman–Crippen LogP) is 5.76. The Balaban J connectivity index is 1.35. The lowest BCUT2D eigenvalue weighted by atomic mass is 10.0. The molecular formula is C22H40N2. The van der Waals surface area contributed by atoms with E-state index in [0.29, 0.717) is 0 Å². The first-order valence-corrected chi connectivity index (χ1v) is 10.6. The molecule has 0 saturated carbocycles. The van der Waals surface area contributed by atoms with E-state index in [1.807, 2.05) is 0 Å². The number of allylic oxidation sites excluding steroid dienone is 3. The molecule has 0 N–H and O–H groups in total. The second kappa shape index (κ2) is 11.7. The number of piperidine rings is 1. The van der Waals surface area contributed by atoms with E-state index in [-0.39, 0.29) is 0 Å². The van der Waals surface area contributed by atoms with E-state index < -0.39 is 0 Å². The fourth-order valence-electron chi connectivity index (χ4n) is 4.08. The van der Waals surface area contributed by atoms with Crippen LogP contribution in [0.25, 0.3) is 0 Å². The first kappa shape index (κ1) is 19.6. The van der Waals surface area contributed by atoms with Crippen LogP contribution in [-0.2, 0) is 0 Å². The molecule has 2 rings (SSSR count). The van der Waals surface area contributed by atoms with E-state index in [4.69, 9.17) is 0 Å². The van der Waals surface area contributed by atoms with Crippen LogP contribution in [0.5, 0.6) is 0 Å². The van der Waals surface area contributed by atoms with Crippen LogP contribution in [0.1, 0.15) is 84.5 Å². The fourth-order valence-corrected chi connectivity index (χ4v) is 4.08. The first-order chi connectivity index (χ1) is 11.8. The molecule has 0 amide bonds. The van der Waals surface area contributed by atoms with Gasteiger partial charge in [-0.15, -0.1) is 0 Å². The summed E-state index contributed by atoms with van der Waals surface area (Å²) >= 11 is 0. The molecule has 0 aromatic rings. The summed E-state index contributed by atoms with van der Waals surface area (Å²) in [5, 5.41) is 0. The Hall–Kier alpha value is -0.760. The van der Waals surface area contributed by atoms with Gasteiger partial charge >= 0.3 is 0 Å². The number of nitrogens with zero attached hydrogens (tertiary/aromatic N) is 2. The quantitative estimate of drug-likeness (QED) is 0.444. The minimum Gasteiger partial charge on any atom is -0.371 e. The normalized spacial score (nSPS) is 22.0. The summed E-state index contributed by atoms with van der Waals surface area (Å²) in [6.45, 7) is 9.68. The molecule has 1 atom stereocenters. The molecule has 0 aromatic carbocycles. The molecule has 24 heavy (non-hydrogen) atoms. The zero-order valence-corrected chi connectivity index (χ0v) is 16.3. The first-order valence-electron chi connectivity index (χ1n) is 10.6. The van der Waals surface area contributed by atoms with E-state index in [2.05, 4.69) is 41.9 Å². The van der Waals surface area contributed by atoms with Crippen molar-refractivity contribution < 1.29 is 0 Å². The van der Waals surface area contributed by atoms with Crippen LogP contribution in [-0.4, -0.2) is 42.0 Å². The van der Waals surface area contributed by atoms with Crippen LogP contribution in [0.4, 0.5) is 0 Å². The van der Waals surface area contributed by atoms with Crippen molar-refractivity contribution >= 4 is 0 Å². The summed E-state index contributed by atoms with van der Waals surface area (Å²) < 4.78 is 0. The van der Waals surface area contributed by atoms with Crippen molar-refractivity contribution in [1.29, 1.82) is 0 Å². The summed E-state index contributed by atoms with van der Waals surface area (Å²) in [6.07, 6.45) is 22.3. The average Bonchev–Trinajstić information content (AvgIpc) is 2.59. The van der Waals surface area contributed by atoms with Crippen molar-refractivity contribution in [1.82, 2.24) is 9.80 Å². The molecular weight excluding hydrogens is 292 g/mol. The highest BCUT2D eigenvalue weighted by molar-refractivity contribution is 5.15. The van der Waals surface area contributed by atoms with Crippen molar-refractivity contribution in [3.05, 3.63) is 23.9 Å². The Morgan fingerprint density at radius 1 is 0.917 bits per heavy atom. The topological polar surface area (TPSA) is 6.48 Å². The van der Waals surface area contributed by atoms with E-state index in [1.54, 1.807) is 0 Å². The third-order valence-electron chi connectivity index (χ3n) is 5.86. The Bertz CT molecular complexity index is 385. The summed E-state index contributed by atoms with van der Waals surface area (Å²) in [4.78, 5) is 5.22. The minimum absolute atomic E-state index is 0.840. The highest BCUT2D eigenvalue weighted by Crippen LogP contribution is 2.17. The minimum atomic E-state index is 0.840. The van der Waals surface area contributed by atoms with Gasteiger partial charge < -0.3 is 9.80 Å². The van der Waals surface area contributed by atoms with Crippen molar-refractivity contribution in [2.24, 2.45) is 0 Å². The van der Waals surface area contributed by atoms with E-state index in [0.717, 1.165) is 12.6 Å². The van der Waals surface area contributed by atoms with Gasteiger partial charge in [0, 0.05) is 24.8 Å². The maximum absolute atomic E-state index is 2.72. The van der Waals surface area contributed by atoms with E-state index in [1.165, 1.54) is 96.0 Å². The third-order valence-corrected chi connectivity index (χ3v) is 5.86. The van der Waals surface area contributed by atoms with Gasteiger partial charge in [0.25, 0.3) is 0 Å². The molecule has 0 spiro atoms. The van der Waals surface area contributed by atoms with Crippen molar-refractivity contribution in [2.75, 3.05) is 26.2 Å². The zero-order valence-electron chi connectivity index (χ0n) is 16.3. The Kier molecular flexibility index (Phi) is 9.57. The summed E-state index contributed by atoms with van der Waals surface area (Å²) in [5.41, 5.74) is 1.43. The number of hydrogen-bond donors (Lipinski definition) is 0. The summed E-state index contributed by atoms with van der Waals surface area (Å²) in [6, 6.07) is 0.840. The highest BCUT2D eigenvalue weighted by Gasteiger charge is 2.16. The van der Waals surface area contributed by atoms with Crippen LogP contribution in [0.2, 0.25) is 0 Å². The molecule has 2 heterocycles. The molecule has 2 nitrogen and oxygen atoms in total. The van der Waals surface area contributed by atoms with Gasteiger partial charge in [-0.25, -0.2) is 0 Å². The average molecular weight is 333 g/mol. The SMILES string of the molecule is CC1=CC=CCN1CCCCCCCCCCN1CCCCC1C. The number of likely N-dealkylation sites (tertiary alicyclic amines) is 1. The molecule has 0 bridgehead atoms. The molecule has 1 unspecified atom stereocenters. The fraction of sp³-hybridized carbons (Fsp3) is 0.818. The molecule has 2 heteroatoms. The van der Waals surface area contributed by atoms with Crippen LogP contribution < -0.4 is 0 Å². The smallest absolute Gasteiger partial charge is 0.0359 e. The maximum atomic E-state index is 2.72. The van der Waals surface area contributed by atoms with Gasteiger partial charge in [-0.2, -0.15) is 0 Å². The van der Waals surface area contributed by atoms with Gasteiger partial charge in [-0.05, 0) is 58.7 Å². The number of unbranched alkanes of at least 4 members (excludes halogenated alkanes) is 7. The second-order valence-corrected chi connectivity index (χ2v) is 7.89. The van der Waals surface area contributed by atoms with Gasteiger partial charge in [0.2, 0.25) is 0 Å². The third kappa shape index (κ3) is 7.42. The molecule has 0 aromatic heterocycles. The number of hydrogen-bond acceptors (Lipinski definition) is 2. The van der Waals surface area contributed by atoms with Gasteiger partial charge in [0.15, 0.2) is 0 Å². The zero-order chi connectivity index (χ0) is 17.0. The molecule has 2 aliphatic heterocycles. The summed E-state index contributed by atoms with van der Waals surface area (Å²) in [7, 11) is 0. The Morgan fingerprint density at radius 2 is 1.58 bits per heavy atom. The Morgan fingerprint density at radius 3 is 2.25 bits per heavy atom. The largest absolute Gasteiger partial charge is 0.371 e. The predicted molar refractivity (Wildman–Crippen MR) is 106 cm³/mol. The lowest BCUT2D eigenvalue weighted by molar-refractivity contribution is 0.157. The van der Waals surface area contributed by atoms with Gasteiger partial charge in [-0.3, -0.25) is 0 Å². The molecule has 2 aliphatic rings. The van der Waals surface area contributed by atoms with Gasteiger partial charge in [0.05, 0.1) is 0 Å². The Labute approximate surface area is 151 Å². The van der Waals surface area contributed by atoms with E-state index in [9.17, 15) is 0 Å². The molecule has 0 aliphatic carbocycles. The molecule has 138 valence electrons. The van der Waals surface area contributed by atoms with Crippen LogP contribution in [0.3, 0.4) is 0 Å². The standard InChI is InChI=1S/C22H40N2/c1-21-15-9-13-19-23(21)17-11-7-5-3-4-6-8-12-18-24-20-14-10-16-22(24)2/h9,13,15,22H,3-8,10-12,14,16-20H2,1-2H3. The van der Waals surface area contributed by atoms with Crippen molar-refractivity contribution in [2.45, 2.75) is 90.5 Å². The monoisotopic (exact) mass is 332 g/mol. The molecule has 1 fully saturated rings. The van der Waals surface area contributed by atoms with Crippen molar-refractivity contribution in [3.8, 4) is 0 Å². The maximum Gasteiger partial charge on any atom is 0.0359 e. The van der Waals surface area contributed by atoms with Crippen LogP contribution >= 0.6 is 0 Å². The lowest BCUT2D eigenvalue weighted by Gasteiger charge is -2.33. The van der Waals surface area contributed by atoms with Gasteiger partial charge in [-0.1, -0.05) is 57.1 Å². The summed E-state index contributed by atoms with van der Waals surface area (Å²) in [5.74, 6) is 0. The number of rotatable bonds is 11. The highest BCUT2D eigenvalue weighted by atomic mass is 15.2. The molecule has 1 saturated heterocycles. The van der Waals surface area contributed by atoms with Gasteiger partial charge in [0.1, 0.15) is 0 Å². The molecule has 0 radical (unpaired) electrons. The van der Waals surface area contributed by atoms with Crippen LogP contribution in [0, 0.1) is 0 Å². The van der Waals surface area contributed by atoms with Crippen LogP contribution in [0.15, 0.2) is 23.9 Å².